The molecule has 1 fully saturated rings. The second-order valence-electron chi connectivity index (χ2n) is 5.61. The molecule has 0 atom stereocenters. The van der Waals surface area contributed by atoms with Crippen LogP contribution >= 0.6 is 15.9 Å². The average molecular weight is 346 g/mol. The Morgan fingerprint density at radius 2 is 2.00 bits per heavy atom. The number of pyridine rings is 1. The zero-order valence-electron chi connectivity index (χ0n) is 12.2. The second-order valence-corrected chi connectivity index (χ2v) is 6.53. The first-order valence-corrected chi connectivity index (χ1v) is 8.20. The molecule has 1 saturated heterocycles. The van der Waals surface area contributed by atoms with E-state index in [0.29, 0.717) is 6.04 Å². The number of nitrogens with one attached hydrogen (secondary N) is 1. The van der Waals surface area contributed by atoms with Crippen molar-refractivity contribution in [2.24, 2.45) is 0 Å². The van der Waals surface area contributed by atoms with Crippen molar-refractivity contribution < 1.29 is 0 Å². The maximum Gasteiger partial charge on any atom is 0.128 e. The van der Waals surface area contributed by atoms with Gasteiger partial charge >= 0.3 is 0 Å². The number of hydrogen-bond acceptors (Lipinski definition) is 3. The predicted octanol–water partition coefficient (Wildman–Crippen LogP) is 4.23. The molecule has 0 amide bonds. The van der Waals surface area contributed by atoms with E-state index in [0.717, 1.165) is 36.2 Å². The third kappa shape index (κ3) is 3.76. The SMILES string of the molecule is Cc1cccc(NC2CCN(c3ccc(Br)cn3)CC2)c1. The van der Waals surface area contributed by atoms with E-state index in [1.807, 2.05) is 6.20 Å². The Morgan fingerprint density at radius 3 is 2.67 bits per heavy atom. The molecule has 1 aliphatic rings. The van der Waals surface area contributed by atoms with Gasteiger partial charge in [-0.1, -0.05) is 12.1 Å². The molecule has 0 spiro atoms. The van der Waals surface area contributed by atoms with Gasteiger partial charge in [0.25, 0.3) is 0 Å². The molecule has 4 heteroatoms. The molecule has 0 saturated carbocycles. The van der Waals surface area contributed by atoms with Crippen molar-refractivity contribution >= 4 is 27.4 Å². The van der Waals surface area contributed by atoms with Gasteiger partial charge in [0, 0.05) is 35.5 Å². The van der Waals surface area contributed by atoms with Crippen molar-refractivity contribution in [3.63, 3.8) is 0 Å². The van der Waals surface area contributed by atoms with Crippen LogP contribution in [0.4, 0.5) is 11.5 Å². The van der Waals surface area contributed by atoms with Crippen molar-refractivity contribution in [1.82, 2.24) is 4.98 Å². The fourth-order valence-corrected chi connectivity index (χ4v) is 3.01. The third-order valence-electron chi connectivity index (χ3n) is 3.92. The zero-order chi connectivity index (χ0) is 14.7. The monoisotopic (exact) mass is 345 g/mol. The lowest BCUT2D eigenvalue weighted by Gasteiger charge is -2.33. The quantitative estimate of drug-likeness (QED) is 0.901. The van der Waals surface area contributed by atoms with E-state index < -0.39 is 0 Å². The average Bonchev–Trinajstić information content (AvgIpc) is 2.49. The summed E-state index contributed by atoms with van der Waals surface area (Å²) in [4.78, 5) is 6.84. The number of hydrogen-bond donors (Lipinski definition) is 1. The molecule has 0 radical (unpaired) electrons. The molecule has 1 N–H and O–H groups in total. The van der Waals surface area contributed by atoms with Crippen molar-refractivity contribution in [2.45, 2.75) is 25.8 Å². The minimum absolute atomic E-state index is 0.554. The first kappa shape index (κ1) is 14.4. The van der Waals surface area contributed by atoms with Crippen molar-refractivity contribution in [3.05, 3.63) is 52.6 Å². The van der Waals surface area contributed by atoms with E-state index in [-0.39, 0.29) is 0 Å². The number of aryl methyl sites for hydroxylation is 1. The summed E-state index contributed by atoms with van der Waals surface area (Å²) in [5.41, 5.74) is 2.53. The zero-order valence-corrected chi connectivity index (χ0v) is 13.8. The normalized spacial score (nSPS) is 16.0. The van der Waals surface area contributed by atoms with Crippen molar-refractivity contribution in [3.8, 4) is 0 Å². The van der Waals surface area contributed by atoms with Gasteiger partial charge in [0.1, 0.15) is 5.82 Å². The number of aromatic nitrogens is 1. The first-order valence-electron chi connectivity index (χ1n) is 7.40. The van der Waals surface area contributed by atoms with Crippen LogP contribution < -0.4 is 10.2 Å². The summed E-state index contributed by atoms with van der Waals surface area (Å²) >= 11 is 3.43. The minimum Gasteiger partial charge on any atom is -0.382 e. The molecular weight excluding hydrogens is 326 g/mol. The predicted molar refractivity (Wildman–Crippen MR) is 92.0 cm³/mol. The number of piperidine rings is 1. The van der Waals surface area contributed by atoms with Crippen LogP contribution in [0.1, 0.15) is 18.4 Å². The lowest BCUT2D eigenvalue weighted by molar-refractivity contribution is 0.523. The van der Waals surface area contributed by atoms with Gasteiger partial charge < -0.3 is 10.2 Å². The summed E-state index contributed by atoms with van der Waals surface area (Å²) in [7, 11) is 0. The van der Waals surface area contributed by atoms with Crippen LogP contribution in [0.3, 0.4) is 0 Å². The van der Waals surface area contributed by atoms with Crippen molar-refractivity contribution in [1.29, 1.82) is 0 Å². The minimum atomic E-state index is 0.554. The maximum atomic E-state index is 4.48. The van der Waals surface area contributed by atoms with E-state index in [9.17, 15) is 0 Å². The Labute approximate surface area is 134 Å². The molecule has 0 aliphatic carbocycles. The number of rotatable bonds is 3. The summed E-state index contributed by atoms with van der Waals surface area (Å²) in [5, 5.41) is 3.65. The molecule has 110 valence electrons. The molecular formula is C17H20BrN3. The molecule has 1 aliphatic heterocycles. The number of anilines is 2. The van der Waals surface area contributed by atoms with E-state index >= 15 is 0 Å². The fraction of sp³-hybridized carbons (Fsp3) is 0.353. The third-order valence-corrected chi connectivity index (χ3v) is 4.39. The van der Waals surface area contributed by atoms with Gasteiger partial charge in [0.05, 0.1) is 0 Å². The number of benzene rings is 1. The topological polar surface area (TPSA) is 28.2 Å². The Bertz CT molecular complexity index is 589. The molecule has 21 heavy (non-hydrogen) atoms. The molecule has 0 unspecified atom stereocenters. The van der Waals surface area contributed by atoms with Crippen LogP contribution in [0.2, 0.25) is 0 Å². The van der Waals surface area contributed by atoms with Gasteiger partial charge in [0.2, 0.25) is 0 Å². The lowest BCUT2D eigenvalue weighted by Crippen LogP contribution is -2.39. The van der Waals surface area contributed by atoms with Crippen LogP contribution in [0.5, 0.6) is 0 Å². The molecule has 2 heterocycles. The summed E-state index contributed by atoms with van der Waals surface area (Å²) in [6.07, 6.45) is 4.16. The highest BCUT2D eigenvalue weighted by Gasteiger charge is 2.19. The largest absolute Gasteiger partial charge is 0.382 e. The number of nitrogens with zero attached hydrogens (tertiary/aromatic N) is 2. The Kier molecular flexibility index (Phi) is 4.44. The smallest absolute Gasteiger partial charge is 0.128 e. The van der Waals surface area contributed by atoms with Gasteiger partial charge in [0.15, 0.2) is 0 Å². The summed E-state index contributed by atoms with van der Waals surface area (Å²) in [6.45, 7) is 4.24. The molecule has 3 nitrogen and oxygen atoms in total. The Hall–Kier alpha value is -1.55. The lowest BCUT2D eigenvalue weighted by atomic mass is 10.0. The van der Waals surface area contributed by atoms with Gasteiger partial charge in [-0.3, -0.25) is 0 Å². The van der Waals surface area contributed by atoms with E-state index in [4.69, 9.17) is 0 Å². The van der Waals surface area contributed by atoms with Gasteiger partial charge in [-0.15, -0.1) is 0 Å². The van der Waals surface area contributed by atoms with E-state index in [1.54, 1.807) is 0 Å². The van der Waals surface area contributed by atoms with Crippen LogP contribution in [0, 0.1) is 6.92 Å². The molecule has 3 rings (SSSR count). The first-order chi connectivity index (χ1) is 10.2. The summed E-state index contributed by atoms with van der Waals surface area (Å²) < 4.78 is 1.03. The van der Waals surface area contributed by atoms with Crippen molar-refractivity contribution in [2.75, 3.05) is 23.3 Å². The molecule has 2 aromatic rings. The molecule has 0 bridgehead atoms. The van der Waals surface area contributed by atoms with Crippen LogP contribution in [0.25, 0.3) is 0 Å². The van der Waals surface area contributed by atoms with Gasteiger partial charge in [-0.2, -0.15) is 0 Å². The highest BCUT2D eigenvalue weighted by Crippen LogP contribution is 2.22. The summed E-state index contributed by atoms with van der Waals surface area (Å²) in [5.74, 6) is 1.08. The van der Waals surface area contributed by atoms with Crippen LogP contribution in [-0.4, -0.2) is 24.1 Å². The second kappa shape index (κ2) is 6.48. The summed E-state index contributed by atoms with van der Waals surface area (Å²) in [6, 6.07) is 13.3. The fourth-order valence-electron chi connectivity index (χ4n) is 2.78. The molecule has 1 aromatic carbocycles. The standard InChI is InChI=1S/C17H20BrN3/c1-13-3-2-4-16(11-13)20-15-7-9-21(10-8-15)17-6-5-14(18)12-19-17/h2-6,11-12,15,20H,7-10H2,1H3. The Morgan fingerprint density at radius 1 is 1.19 bits per heavy atom. The number of halogens is 1. The highest BCUT2D eigenvalue weighted by molar-refractivity contribution is 9.10. The maximum absolute atomic E-state index is 4.48. The van der Waals surface area contributed by atoms with E-state index in [2.05, 4.69) is 74.5 Å². The van der Waals surface area contributed by atoms with Gasteiger partial charge in [-0.05, 0) is 65.5 Å². The van der Waals surface area contributed by atoms with Crippen LogP contribution in [-0.2, 0) is 0 Å². The molecule has 1 aromatic heterocycles. The van der Waals surface area contributed by atoms with E-state index in [1.165, 1.54) is 11.3 Å². The van der Waals surface area contributed by atoms with Gasteiger partial charge in [-0.25, -0.2) is 4.98 Å². The highest BCUT2D eigenvalue weighted by atomic mass is 79.9. The van der Waals surface area contributed by atoms with Crippen LogP contribution in [0.15, 0.2) is 47.1 Å². The Balaban J connectivity index is 1.56.